The number of amides is 1. The summed E-state index contributed by atoms with van der Waals surface area (Å²) in [6, 6.07) is 14.9. The number of nitrogens with one attached hydrogen (secondary N) is 2. The number of hydrogen-bond acceptors (Lipinski definition) is 2. The Kier molecular flexibility index (Phi) is 3.39. The highest BCUT2D eigenvalue weighted by atomic mass is 35.5. The highest BCUT2D eigenvalue weighted by Gasteiger charge is 2.13. The first kappa shape index (κ1) is 12.7. The van der Waals surface area contributed by atoms with E-state index < -0.39 is 0 Å². The van der Waals surface area contributed by atoms with Crippen molar-refractivity contribution >= 4 is 28.4 Å². The van der Waals surface area contributed by atoms with Crippen molar-refractivity contribution in [1.82, 2.24) is 15.5 Å². The van der Waals surface area contributed by atoms with Crippen molar-refractivity contribution < 1.29 is 4.79 Å². The second kappa shape index (κ2) is 5.35. The van der Waals surface area contributed by atoms with Crippen LogP contribution < -0.4 is 5.32 Å². The molecule has 0 saturated heterocycles. The van der Waals surface area contributed by atoms with Crippen LogP contribution in [0.15, 0.2) is 48.5 Å². The minimum absolute atomic E-state index is 0.197. The van der Waals surface area contributed by atoms with Crippen LogP contribution in [0.2, 0.25) is 5.02 Å². The van der Waals surface area contributed by atoms with E-state index in [1.165, 1.54) is 0 Å². The lowest BCUT2D eigenvalue weighted by Crippen LogP contribution is -2.23. The summed E-state index contributed by atoms with van der Waals surface area (Å²) >= 11 is 5.82. The molecule has 1 aromatic heterocycles. The minimum Gasteiger partial charge on any atom is -0.347 e. The Labute approximate surface area is 120 Å². The van der Waals surface area contributed by atoms with E-state index in [1.54, 1.807) is 12.1 Å². The van der Waals surface area contributed by atoms with Gasteiger partial charge in [-0.3, -0.25) is 9.89 Å². The predicted molar refractivity (Wildman–Crippen MR) is 78.7 cm³/mol. The van der Waals surface area contributed by atoms with Crippen LogP contribution in [0.1, 0.15) is 16.1 Å². The summed E-state index contributed by atoms with van der Waals surface area (Å²) in [7, 11) is 0. The van der Waals surface area contributed by atoms with Gasteiger partial charge in [0.15, 0.2) is 5.69 Å². The van der Waals surface area contributed by atoms with Gasteiger partial charge in [0.25, 0.3) is 5.91 Å². The fraction of sp³-hybridized carbons (Fsp3) is 0.0667. The quantitative estimate of drug-likeness (QED) is 0.777. The number of carbonyl (C=O) groups excluding carboxylic acids is 1. The second-order valence-corrected chi connectivity index (χ2v) is 4.86. The molecule has 0 atom stereocenters. The maximum Gasteiger partial charge on any atom is 0.272 e. The van der Waals surface area contributed by atoms with Crippen molar-refractivity contribution in [3.05, 3.63) is 64.8 Å². The molecule has 0 aliphatic heterocycles. The zero-order chi connectivity index (χ0) is 13.9. The van der Waals surface area contributed by atoms with Crippen LogP contribution in [0, 0.1) is 0 Å². The molecular weight excluding hydrogens is 274 g/mol. The molecule has 3 aromatic rings. The molecule has 0 radical (unpaired) electrons. The predicted octanol–water partition coefficient (Wildman–Crippen LogP) is 3.15. The average molecular weight is 286 g/mol. The van der Waals surface area contributed by atoms with E-state index in [0.717, 1.165) is 16.5 Å². The molecule has 2 N–H and O–H groups in total. The third kappa shape index (κ3) is 2.51. The summed E-state index contributed by atoms with van der Waals surface area (Å²) in [5.41, 5.74) is 2.25. The van der Waals surface area contributed by atoms with E-state index in [4.69, 9.17) is 11.6 Å². The summed E-state index contributed by atoms with van der Waals surface area (Å²) in [5.74, 6) is -0.197. The number of hydrogen-bond donors (Lipinski definition) is 2. The molecule has 0 saturated carbocycles. The highest BCUT2D eigenvalue weighted by Crippen LogP contribution is 2.15. The van der Waals surface area contributed by atoms with Gasteiger partial charge in [0.1, 0.15) is 0 Å². The summed E-state index contributed by atoms with van der Waals surface area (Å²) < 4.78 is 0. The summed E-state index contributed by atoms with van der Waals surface area (Å²) in [6.07, 6.45) is 0. The highest BCUT2D eigenvalue weighted by molar-refractivity contribution is 6.30. The van der Waals surface area contributed by atoms with E-state index in [2.05, 4.69) is 15.5 Å². The number of carbonyl (C=O) groups is 1. The van der Waals surface area contributed by atoms with Crippen LogP contribution in [-0.2, 0) is 6.54 Å². The maximum absolute atomic E-state index is 12.1. The van der Waals surface area contributed by atoms with Crippen molar-refractivity contribution in [3.63, 3.8) is 0 Å². The number of para-hydroxylation sites is 1. The number of H-pyrrole nitrogens is 1. The first-order valence-corrected chi connectivity index (χ1v) is 6.57. The molecule has 0 unspecified atom stereocenters. The van der Waals surface area contributed by atoms with Crippen molar-refractivity contribution in [2.24, 2.45) is 0 Å². The van der Waals surface area contributed by atoms with Gasteiger partial charge in [-0.15, -0.1) is 0 Å². The van der Waals surface area contributed by atoms with E-state index in [9.17, 15) is 4.79 Å². The van der Waals surface area contributed by atoms with E-state index in [1.807, 2.05) is 36.4 Å². The van der Waals surface area contributed by atoms with Crippen LogP contribution in [0.4, 0.5) is 0 Å². The standard InChI is InChI=1S/C15H12ClN3O/c16-11-7-5-10(6-8-11)9-17-15(20)14-12-3-1-2-4-13(12)18-19-14/h1-8H,9H2,(H,17,20)(H,18,19). The number of aromatic nitrogens is 2. The van der Waals surface area contributed by atoms with Crippen molar-refractivity contribution in [1.29, 1.82) is 0 Å². The SMILES string of the molecule is O=C(NCc1ccc(Cl)cc1)c1n[nH]c2ccccc12. The minimum atomic E-state index is -0.197. The number of rotatable bonds is 3. The molecule has 4 nitrogen and oxygen atoms in total. The van der Waals surface area contributed by atoms with Crippen LogP contribution in [0.5, 0.6) is 0 Å². The average Bonchev–Trinajstić information content (AvgIpc) is 2.90. The molecule has 1 heterocycles. The second-order valence-electron chi connectivity index (χ2n) is 4.43. The van der Waals surface area contributed by atoms with Gasteiger partial charge in [0, 0.05) is 17.0 Å². The third-order valence-electron chi connectivity index (χ3n) is 3.05. The number of benzene rings is 2. The Bertz CT molecular complexity index is 749. The van der Waals surface area contributed by atoms with Gasteiger partial charge in [0.05, 0.1) is 5.52 Å². The first-order chi connectivity index (χ1) is 9.74. The van der Waals surface area contributed by atoms with Crippen LogP contribution in [-0.4, -0.2) is 16.1 Å². The molecule has 0 bridgehead atoms. The summed E-state index contributed by atoms with van der Waals surface area (Å²) in [5, 5.41) is 11.3. The largest absolute Gasteiger partial charge is 0.347 e. The molecule has 5 heteroatoms. The van der Waals surface area contributed by atoms with Crippen LogP contribution in [0.25, 0.3) is 10.9 Å². The van der Waals surface area contributed by atoms with Gasteiger partial charge in [0.2, 0.25) is 0 Å². The molecule has 0 fully saturated rings. The normalized spacial score (nSPS) is 10.7. The van der Waals surface area contributed by atoms with Crippen molar-refractivity contribution in [2.45, 2.75) is 6.54 Å². The van der Waals surface area contributed by atoms with Gasteiger partial charge in [-0.25, -0.2) is 0 Å². The number of nitrogens with zero attached hydrogens (tertiary/aromatic N) is 1. The van der Waals surface area contributed by atoms with Gasteiger partial charge in [-0.05, 0) is 23.8 Å². The molecule has 0 aliphatic rings. The van der Waals surface area contributed by atoms with Gasteiger partial charge in [-0.1, -0.05) is 41.9 Å². The van der Waals surface area contributed by atoms with Crippen LogP contribution >= 0.6 is 11.6 Å². The fourth-order valence-corrected chi connectivity index (χ4v) is 2.13. The Morgan fingerprint density at radius 2 is 1.90 bits per heavy atom. The van der Waals surface area contributed by atoms with Crippen molar-refractivity contribution in [3.8, 4) is 0 Å². The smallest absolute Gasteiger partial charge is 0.272 e. The molecule has 20 heavy (non-hydrogen) atoms. The molecule has 2 aromatic carbocycles. The molecule has 3 rings (SSSR count). The Morgan fingerprint density at radius 1 is 1.15 bits per heavy atom. The lowest BCUT2D eigenvalue weighted by atomic mass is 10.2. The number of halogens is 1. The van der Waals surface area contributed by atoms with Crippen LogP contribution in [0.3, 0.4) is 0 Å². The number of fused-ring (bicyclic) bond motifs is 1. The van der Waals surface area contributed by atoms with E-state index >= 15 is 0 Å². The molecule has 0 spiro atoms. The summed E-state index contributed by atoms with van der Waals surface area (Å²) in [4.78, 5) is 12.1. The molecular formula is C15H12ClN3O. The van der Waals surface area contributed by atoms with Crippen molar-refractivity contribution in [2.75, 3.05) is 0 Å². The Morgan fingerprint density at radius 3 is 2.70 bits per heavy atom. The van der Waals surface area contributed by atoms with Gasteiger partial charge >= 0.3 is 0 Å². The monoisotopic (exact) mass is 285 g/mol. The van der Waals surface area contributed by atoms with E-state index in [-0.39, 0.29) is 5.91 Å². The van der Waals surface area contributed by atoms with Gasteiger partial charge < -0.3 is 5.32 Å². The molecule has 1 amide bonds. The Hall–Kier alpha value is -2.33. The maximum atomic E-state index is 12.1. The Balaban J connectivity index is 1.75. The lowest BCUT2D eigenvalue weighted by molar-refractivity contribution is 0.0947. The zero-order valence-corrected chi connectivity index (χ0v) is 11.3. The third-order valence-corrected chi connectivity index (χ3v) is 3.30. The molecule has 100 valence electrons. The zero-order valence-electron chi connectivity index (χ0n) is 10.6. The van der Waals surface area contributed by atoms with E-state index in [0.29, 0.717) is 17.3 Å². The lowest BCUT2D eigenvalue weighted by Gasteiger charge is -2.04. The fourth-order valence-electron chi connectivity index (χ4n) is 2.00. The van der Waals surface area contributed by atoms with Gasteiger partial charge in [-0.2, -0.15) is 5.10 Å². The number of aromatic amines is 1. The molecule has 0 aliphatic carbocycles. The topological polar surface area (TPSA) is 57.8 Å². The summed E-state index contributed by atoms with van der Waals surface area (Å²) in [6.45, 7) is 0.442. The first-order valence-electron chi connectivity index (χ1n) is 6.20.